The van der Waals surface area contributed by atoms with Crippen LogP contribution in [0.3, 0.4) is 0 Å². The van der Waals surface area contributed by atoms with Crippen LogP contribution in [0.15, 0.2) is 24.3 Å². The van der Waals surface area contributed by atoms with E-state index in [0.29, 0.717) is 12.1 Å². The number of rotatable bonds is 5. The van der Waals surface area contributed by atoms with Crippen LogP contribution in [-0.4, -0.2) is 22.7 Å². The van der Waals surface area contributed by atoms with Crippen molar-refractivity contribution in [2.24, 2.45) is 0 Å². The van der Waals surface area contributed by atoms with Gasteiger partial charge in [0.25, 0.3) is 0 Å². The molecule has 0 saturated heterocycles. The van der Waals surface area contributed by atoms with Crippen molar-refractivity contribution in [2.45, 2.75) is 26.5 Å². The number of urea groups is 1. The summed E-state index contributed by atoms with van der Waals surface area (Å²) in [5.74, 6) is -0.365. The molecule has 1 aromatic carbocycles. The van der Waals surface area contributed by atoms with Crippen LogP contribution in [0, 0.1) is 19.7 Å². The highest BCUT2D eigenvalue weighted by molar-refractivity contribution is 7.11. The Labute approximate surface area is 132 Å². The van der Waals surface area contributed by atoms with Gasteiger partial charge in [-0.15, -0.1) is 11.3 Å². The molecule has 3 N–H and O–H groups in total. The number of halogens is 1. The predicted octanol–water partition coefficient (Wildman–Crippen LogP) is 2.43. The minimum atomic E-state index is -0.880. The van der Waals surface area contributed by atoms with Crippen molar-refractivity contribution >= 4 is 17.4 Å². The maximum absolute atomic E-state index is 12.8. The number of carbonyl (C=O) groups is 1. The minimum Gasteiger partial charge on any atom is -0.387 e. The number of aliphatic hydroxyl groups is 1. The maximum Gasteiger partial charge on any atom is 0.315 e. The molecule has 0 spiro atoms. The molecule has 0 radical (unpaired) electrons. The van der Waals surface area contributed by atoms with Crippen LogP contribution in [0.1, 0.15) is 27.2 Å². The third-order valence-corrected chi connectivity index (χ3v) is 4.06. The van der Waals surface area contributed by atoms with Crippen molar-refractivity contribution in [1.29, 1.82) is 0 Å². The van der Waals surface area contributed by atoms with Crippen molar-refractivity contribution in [3.63, 3.8) is 0 Å². The standard InChI is InChI=1S/C15H18FN3O2S/c1-9-13(19-10(2)22-9)7-17-15(21)18-8-14(20)11-3-5-12(16)6-4-11/h3-6,14,20H,7-8H2,1-2H3,(H2,17,18,21). The Kier molecular flexibility index (Phi) is 5.46. The van der Waals surface area contributed by atoms with Crippen LogP contribution < -0.4 is 10.6 Å². The first-order valence-corrected chi connectivity index (χ1v) is 7.65. The molecule has 5 nitrogen and oxygen atoms in total. The lowest BCUT2D eigenvalue weighted by Gasteiger charge is -2.12. The fourth-order valence-electron chi connectivity index (χ4n) is 1.95. The fourth-order valence-corrected chi connectivity index (χ4v) is 2.79. The van der Waals surface area contributed by atoms with E-state index in [1.54, 1.807) is 11.3 Å². The number of amides is 2. The zero-order valence-electron chi connectivity index (χ0n) is 12.4. The predicted molar refractivity (Wildman–Crippen MR) is 83.2 cm³/mol. The highest BCUT2D eigenvalue weighted by Crippen LogP contribution is 2.16. The maximum atomic E-state index is 12.8. The van der Waals surface area contributed by atoms with E-state index in [9.17, 15) is 14.3 Å². The molecule has 0 fully saturated rings. The number of nitrogens with one attached hydrogen (secondary N) is 2. The quantitative estimate of drug-likeness (QED) is 0.791. The van der Waals surface area contributed by atoms with E-state index in [2.05, 4.69) is 15.6 Å². The molecule has 7 heteroatoms. The number of aliphatic hydroxyl groups excluding tert-OH is 1. The van der Waals surface area contributed by atoms with E-state index in [-0.39, 0.29) is 18.4 Å². The van der Waals surface area contributed by atoms with E-state index in [1.165, 1.54) is 24.3 Å². The summed E-state index contributed by atoms with van der Waals surface area (Å²) < 4.78 is 12.8. The van der Waals surface area contributed by atoms with E-state index in [0.717, 1.165) is 15.6 Å². The molecule has 0 aliphatic carbocycles. The van der Waals surface area contributed by atoms with Crippen LogP contribution in [0.2, 0.25) is 0 Å². The zero-order chi connectivity index (χ0) is 16.1. The molecule has 0 saturated carbocycles. The number of hydrogen-bond acceptors (Lipinski definition) is 4. The second-order valence-corrected chi connectivity index (χ2v) is 6.27. The SMILES string of the molecule is Cc1nc(CNC(=O)NCC(O)c2ccc(F)cc2)c(C)s1. The lowest BCUT2D eigenvalue weighted by molar-refractivity contribution is 0.173. The zero-order valence-corrected chi connectivity index (χ0v) is 13.2. The summed E-state index contributed by atoms with van der Waals surface area (Å²) in [7, 11) is 0. The molecule has 0 aliphatic heterocycles. The van der Waals surface area contributed by atoms with Gasteiger partial charge in [-0.1, -0.05) is 12.1 Å². The smallest absolute Gasteiger partial charge is 0.315 e. The van der Waals surface area contributed by atoms with Gasteiger partial charge < -0.3 is 15.7 Å². The molecular formula is C15H18FN3O2S. The van der Waals surface area contributed by atoms with Gasteiger partial charge in [0.05, 0.1) is 23.4 Å². The van der Waals surface area contributed by atoms with Crippen LogP contribution in [0.5, 0.6) is 0 Å². The first-order valence-electron chi connectivity index (χ1n) is 6.84. The van der Waals surface area contributed by atoms with E-state index < -0.39 is 6.10 Å². The van der Waals surface area contributed by atoms with Gasteiger partial charge in [0.1, 0.15) is 5.82 Å². The molecule has 118 valence electrons. The molecule has 2 rings (SSSR count). The van der Waals surface area contributed by atoms with Crippen molar-refractivity contribution in [1.82, 2.24) is 15.6 Å². The van der Waals surface area contributed by atoms with Gasteiger partial charge in [-0.3, -0.25) is 0 Å². The number of hydrogen-bond donors (Lipinski definition) is 3. The van der Waals surface area contributed by atoms with Crippen LogP contribution in [0.4, 0.5) is 9.18 Å². The number of aryl methyl sites for hydroxylation is 2. The Bertz CT molecular complexity index is 643. The van der Waals surface area contributed by atoms with E-state index in [4.69, 9.17) is 0 Å². The van der Waals surface area contributed by atoms with Crippen molar-refractivity contribution in [3.05, 3.63) is 51.2 Å². The summed E-state index contributed by atoms with van der Waals surface area (Å²) >= 11 is 1.58. The summed E-state index contributed by atoms with van der Waals surface area (Å²) in [6, 6.07) is 5.13. The molecule has 1 atom stereocenters. The third-order valence-electron chi connectivity index (χ3n) is 3.13. The molecular weight excluding hydrogens is 305 g/mol. The van der Waals surface area contributed by atoms with Gasteiger partial charge in [0, 0.05) is 11.4 Å². The third kappa shape index (κ3) is 4.51. The Balaban J connectivity index is 1.77. The Morgan fingerprint density at radius 3 is 2.59 bits per heavy atom. The van der Waals surface area contributed by atoms with Gasteiger partial charge in [-0.05, 0) is 31.5 Å². The van der Waals surface area contributed by atoms with Crippen LogP contribution in [0.25, 0.3) is 0 Å². The average Bonchev–Trinajstić information content (AvgIpc) is 2.81. The number of aromatic nitrogens is 1. The molecule has 1 aromatic heterocycles. The van der Waals surface area contributed by atoms with Crippen LogP contribution >= 0.6 is 11.3 Å². The topological polar surface area (TPSA) is 74.2 Å². The lowest BCUT2D eigenvalue weighted by Crippen LogP contribution is -2.37. The average molecular weight is 323 g/mol. The monoisotopic (exact) mass is 323 g/mol. The Morgan fingerprint density at radius 2 is 2.00 bits per heavy atom. The van der Waals surface area contributed by atoms with Gasteiger partial charge >= 0.3 is 6.03 Å². The highest BCUT2D eigenvalue weighted by Gasteiger charge is 2.10. The molecule has 1 heterocycles. The van der Waals surface area contributed by atoms with Crippen molar-refractivity contribution in [3.8, 4) is 0 Å². The van der Waals surface area contributed by atoms with Crippen LogP contribution in [-0.2, 0) is 6.54 Å². The van der Waals surface area contributed by atoms with Gasteiger partial charge in [-0.2, -0.15) is 0 Å². The largest absolute Gasteiger partial charge is 0.387 e. The number of carbonyl (C=O) groups excluding carboxylic acids is 1. The molecule has 1 unspecified atom stereocenters. The number of nitrogens with zero attached hydrogens (tertiary/aromatic N) is 1. The summed E-state index contributed by atoms with van der Waals surface area (Å²) in [5.41, 5.74) is 1.39. The summed E-state index contributed by atoms with van der Waals surface area (Å²) in [4.78, 5) is 17.1. The first kappa shape index (κ1) is 16.4. The first-order chi connectivity index (χ1) is 10.5. The van der Waals surface area contributed by atoms with Crippen molar-refractivity contribution < 1.29 is 14.3 Å². The van der Waals surface area contributed by atoms with Crippen molar-refractivity contribution in [2.75, 3.05) is 6.54 Å². The second kappa shape index (κ2) is 7.33. The number of thiazole rings is 1. The molecule has 2 aromatic rings. The summed E-state index contributed by atoms with van der Waals surface area (Å²) in [5, 5.41) is 16.1. The molecule has 0 aliphatic rings. The van der Waals surface area contributed by atoms with Gasteiger partial charge in [0.2, 0.25) is 0 Å². The second-order valence-electron chi connectivity index (χ2n) is 4.87. The van der Waals surface area contributed by atoms with Gasteiger partial charge in [-0.25, -0.2) is 14.2 Å². The van der Waals surface area contributed by atoms with E-state index in [1.807, 2.05) is 13.8 Å². The fraction of sp³-hybridized carbons (Fsp3) is 0.333. The lowest BCUT2D eigenvalue weighted by atomic mass is 10.1. The molecule has 2 amide bonds. The number of benzene rings is 1. The summed E-state index contributed by atoms with van der Waals surface area (Å²) in [6.07, 6.45) is -0.880. The van der Waals surface area contributed by atoms with Gasteiger partial charge in [0.15, 0.2) is 0 Å². The molecule has 0 bridgehead atoms. The molecule has 22 heavy (non-hydrogen) atoms. The summed E-state index contributed by atoms with van der Waals surface area (Å²) in [6.45, 7) is 4.26. The Hall–Kier alpha value is -1.99. The Morgan fingerprint density at radius 1 is 1.32 bits per heavy atom. The van der Waals surface area contributed by atoms with E-state index >= 15 is 0 Å². The highest BCUT2D eigenvalue weighted by atomic mass is 32.1. The normalized spacial score (nSPS) is 12.0. The minimum absolute atomic E-state index is 0.0482.